The van der Waals surface area contributed by atoms with Crippen LogP contribution in [0.2, 0.25) is 13.1 Å². The lowest BCUT2D eigenvalue weighted by Crippen LogP contribution is -2.12. The molecule has 0 saturated carbocycles. The third kappa shape index (κ3) is 6.35. The minimum absolute atomic E-state index is 0.564. The minimum atomic E-state index is -0.751. The number of hydrogen-bond acceptors (Lipinski definition) is 2. The maximum Gasteiger partial charge on any atom is 0.293 e. The third-order valence-corrected chi connectivity index (χ3v) is 3.97. The third-order valence-electron chi connectivity index (χ3n) is 0.519. The van der Waals surface area contributed by atoms with Crippen molar-refractivity contribution >= 4 is 19.0 Å². The van der Waals surface area contributed by atoms with E-state index in [-0.39, 0.29) is 0 Å². The topological polar surface area (TPSA) is 18.5 Å². The zero-order valence-corrected chi connectivity index (χ0v) is 7.67. The van der Waals surface area contributed by atoms with E-state index < -0.39 is 19.0 Å². The van der Waals surface area contributed by atoms with Crippen LogP contribution in [0.25, 0.3) is 0 Å². The smallest absolute Gasteiger partial charge is 0.293 e. The molecule has 2 nitrogen and oxygen atoms in total. The molecule has 0 atom stereocenters. The van der Waals surface area contributed by atoms with E-state index >= 15 is 0 Å². The molecule has 0 aromatic carbocycles. The first-order valence-electron chi connectivity index (χ1n) is 2.38. The average molecular weight is 136 g/mol. The van der Waals surface area contributed by atoms with Gasteiger partial charge in [0.25, 0.3) is 10.0 Å². The number of hydrogen-bond donors (Lipinski definition) is 0. The molecule has 0 aliphatic carbocycles. The van der Waals surface area contributed by atoms with Crippen LogP contribution in [0.5, 0.6) is 0 Å². The van der Waals surface area contributed by atoms with Gasteiger partial charge < -0.3 is 8.54 Å². The van der Waals surface area contributed by atoms with Gasteiger partial charge in [-0.15, -0.1) is 0 Å². The average Bonchev–Trinajstić information content (AvgIpc) is 1.61. The summed E-state index contributed by atoms with van der Waals surface area (Å²) in [7, 11) is 0.382. The zero-order valence-electron chi connectivity index (χ0n) is 5.10. The molecule has 0 bridgehead atoms. The molecular formula is C3H12O2Si2. The molecule has 44 valence electrons. The SMILES string of the molecule is CO[SiH2]O[SiH](C)C. The van der Waals surface area contributed by atoms with Crippen molar-refractivity contribution in [3.05, 3.63) is 0 Å². The second-order valence-corrected chi connectivity index (χ2v) is 5.87. The van der Waals surface area contributed by atoms with Gasteiger partial charge in [-0.1, -0.05) is 0 Å². The van der Waals surface area contributed by atoms with Crippen LogP contribution in [-0.2, 0) is 8.54 Å². The molecule has 0 aliphatic heterocycles. The highest BCUT2D eigenvalue weighted by Gasteiger charge is 1.91. The van der Waals surface area contributed by atoms with E-state index in [9.17, 15) is 0 Å². The van der Waals surface area contributed by atoms with E-state index in [1.165, 1.54) is 0 Å². The van der Waals surface area contributed by atoms with Gasteiger partial charge in [0.2, 0.25) is 0 Å². The van der Waals surface area contributed by atoms with E-state index in [0.29, 0.717) is 0 Å². The van der Waals surface area contributed by atoms with Crippen LogP contribution in [0.4, 0.5) is 0 Å². The highest BCUT2D eigenvalue weighted by molar-refractivity contribution is 6.54. The summed E-state index contributed by atoms with van der Waals surface area (Å²) < 4.78 is 10.1. The first kappa shape index (κ1) is 7.35. The highest BCUT2D eigenvalue weighted by atomic mass is 28.4. The molecule has 0 aromatic rings. The van der Waals surface area contributed by atoms with Crippen molar-refractivity contribution in [3.8, 4) is 0 Å². The van der Waals surface area contributed by atoms with Crippen LogP contribution < -0.4 is 0 Å². The van der Waals surface area contributed by atoms with Crippen molar-refractivity contribution in [3.63, 3.8) is 0 Å². The fourth-order valence-electron chi connectivity index (χ4n) is 0.204. The Morgan fingerprint density at radius 1 is 1.43 bits per heavy atom. The molecule has 0 saturated heterocycles. The van der Waals surface area contributed by atoms with Crippen LogP contribution in [0.1, 0.15) is 0 Å². The van der Waals surface area contributed by atoms with Gasteiger partial charge in [0.15, 0.2) is 9.04 Å². The van der Waals surface area contributed by atoms with Gasteiger partial charge in [0, 0.05) is 7.11 Å². The van der Waals surface area contributed by atoms with E-state index in [1.54, 1.807) is 7.11 Å². The molecule has 0 N–H and O–H groups in total. The Balaban J connectivity index is 2.68. The lowest BCUT2D eigenvalue weighted by Gasteiger charge is -2.01. The van der Waals surface area contributed by atoms with Crippen LogP contribution in [-0.4, -0.2) is 26.2 Å². The Kier molecular flexibility index (Phi) is 4.74. The summed E-state index contributed by atoms with van der Waals surface area (Å²) in [5, 5.41) is 0. The molecule has 0 radical (unpaired) electrons. The molecule has 0 aliphatic rings. The maximum atomic E-state index is 5.25. The summed E-state index contributed by atoms with van der Waals surface area (Å²) >= 11 is 0. The summed E-state index contributed by atoms with van der Waals surface area (Å²) in [6, 6.07) is 0. The Bertz CT molecular complexity index is 39.9. The van der Waals surface area contributed by atoms with Crippen LogP contribution in [0, 0.1) is 0 Å². The van der Waals surface area contributed by atoms with E-state index in [4.69, 9.17) is 8.54 Å². The molecule has 0 heterocycles. The fourth-order valence-corrected chi connectivity index (χ4v) is 1.84. The molecule has 4 heteroatoms. The molecule has 0 unspecified atom stereocenters. The summed E-state index contributed by atoms with van der Waals surface area (Å²) in [5.41, 5.74) is 0. The molecule has 7 heavy (non-hydrogen) atoms. The van der Waals surface area contributed by atoms with Crippen LogP contribution in [0.3, 0.4) is 0 Å². The largest absolute Gasteiger partial charge is 0.443 e. The van der Waals surface area contributed by atoms with Gasteiger partial charge >= 0.3 is 0 Å². The monoisotopic (exact) mass is 136 g/mol. The van der Waals surface area contributed by atoms with Crippen molar-refractivity contribution < 1.29 is 8.54 Å². The quantitative estimate of drug-likeness (QED) is 0.493. The Morgan fingerprint density at radius 3 is 2.14 bits per heavy atom. The summed E-state index contributed by atoms with van der Waals surface area (Å²) in [4.78, 5) is 0. The summed E-state index contributed by atoms with van der Waals surface area (Å²) in [6.45, 7) is 4.29. The molecule has 0 amide bonds. The standard InChI is InChI=1S/C3H12O2Si2/c1-4-6-5-7(2)3/h7H,6H2,1-3H3. The fraction of sp³-hybridized carbons (Fsp3) is 1.00. The van der Waals surface area contributed by atoms with Gasteiger partial charge in [0.1, 0.15) is 0 Å². The maximum absolute atomic E-state index is 5.25. The van der Waals surface area contributed by atoms with Crippen molar-refractivity contribution in [1.29, 1.82) is 0 Å². The van der Waals surface area contributed by atoms with Crippen LogP contribution in [0.15, 0.2) is 0 Å². The lowest BCUT2D eigenvalue weighted by atomic mass is 11.8. The number of rotatable bonds is 3. The van der Waals surface area contributed by atoms with Gasteiger partial charge in [-0.25, -0.2) is 0 Å². The first-order valence-corrected chi connectivity index (χ1v) is 6.31. The second-order valence-electron chi connectivity index (χ2n) is 1.62. The lowest BCUT2D eigenvalue weighted by molar-refractivity contribution is 0.369. The van der Waals surface area contributed by atoms with E-state index in [1.807, 2.05) is 0 Å². The normalized spacial score (nSPS) is 12.0. The van der Waals surface area contributed by atoms with Crippen molar-refractivity contribution in [2.75, 3.05) is 7.11 Å². The first-order chi connectivity index (χ1) is 3.27. The van der Waals surface area contributed by atoms with Crippen LogP contribution >= 0.6 is 0 Å². The van der Waals surface area contributed by atoms with Crippen molar-refractivity contribution in [1.82, 2.24) is 0 Å². The van der Waals surface area contributed by atoms with Gasteiger partial charge in [-0.05, 0) is 13.1 Å². The molecular weight excluding hydrogens is 124 g/mol. The predicted molar refractivity (Wildman–Crippen MR) is 35.5 cm³/mol. The van der Waals surface area contributed by atoms with E-state index in [0.717, 1.165) is 0 Å². The zero-order chi connectivity index (χ0) is 5.70. The molecule has 0 fully saturated rings. The predicted octanol–water partition coefficient (Wildman–Crippen LogP) is -0.368. The minimum Gasteiger partial charge on any atom is -0.443 e. The van der Waals surface area contributed by atoms with Gasteiger partial charge in [-0.3, -0.25) is 0 Å². The van der Waals surface area contributed by atoms with Crippen molar-refractivity contribution in [2.45, 2.75) is 13.1 Å². The molecule has 0 rings (SSSR count). The molecule has 0 spiro atoms. The summed E-state index contributed by atoms with van der Waals surface area (Å²) in [5.74, 6) is 0. The second kappa shape index (κ2) is 4.51. The van der Waals surface area contributed by atoms with Gasteiger partial charge in [0.05, 0.1) is 0 Å². The van der Waals surface area contributed by atoms with E-state index in [2.05, 4.69) is 13.1 Å². The van der Waals surface area contributed by atoms with Crippen molar-refractivity contribution in [2.24, 2.45) is 0 Å². The highest BCUT2D eigenvalue weighted by Crippen LogP contribution is 1.78. The molecule has 0 aromatic heterocycles. The Hall–Kier alpha value is 0.354. The Labute approximate surface area is 48.6 Å². The van der Waals surface area contributed by atoms with Gasteiger partial charge in [-0.2, -0.15) is 0 Å². The Morgan fingerprint density at radius 2 is 2.00 bits per heavy atom. The summed E-state index contributed by atoms with van der Waals surface area (Å²) in [6.07, 6.45) is 0.